The van der Waals surface area contributed by atoms with Gasteiger partial charge in [-0.25, -0.2) is 4.39 Å². The van der Waals surface area contributed by atoms with Crippen molar-refractivity contribution >= 4 is 11.3 Å². The lowest BCUT2D eigenvalue weighted by Gasteiger charge is -2.31. The van der Waals surface area contributed by atoms with E-state index in [1.165, 1.54) is 37.1 Å². The summed E-state index contributed by atoms with van der Waals surface area (Å²) in [5.74, 6) is 1.58. The van der Waals surface area contributed by atoms with Gasteiger partial charge in [-0.3, -0.25) is 0 Å². The van der Waals surface area contributed by atoms with E-state index in [0.29, 0.717) is 0 Å². The summed E-state index contributed by atoms with van der Waals surface area (Å²) < 4.78 is 19.8. The van der Waals surface area contributed by atoms with Crippen LogP contribution in [0.2, 0.25) is 0 Å². The summed E-state index contributed by atoms with van der Waals surface area (Å²) in [5.41, 5.74) is 5.50. The highest BCUT2D eigenvalue weighted by atomic mass is 19.1. The minimum Gasteiger partial charge on any atom is -0.456 e. The van der Waals surface area contributed by atoms with Gasteiger partial charge in [0.1, 0.15) is 17.3 Å². The molecule has 2 aromatic rings. The molecule has 1 aliphatic carbocycles. The van der Waals surface area contributed by atoms with Crippen LogP contribution in [0.5, 0.6) is 5.75 Å². The lowest BCUT2D eigenvalue weighted by Crippen LogP contribution is -2.29. The van der Waals surface area contributed by atoms with Gasteiger partial charge in [0.05, 0.1) is 0 Å². The summed E-state index contributed by atoms with van der Waals surface area (Å²) >= 11 is 0. The van der Waals surface area contributed by atoms with E-state index in [0.717, 1.165) is 53.3 Å². The summed E-state index contributed by atoms with van der Waals surface area (Å²) in [4.78, 5) is 2.44. The van der Waals surface area contributed by atoms with Crippen LogP contribution in [0.3, 0.4) is 0 Å². The predicted molar refractivity (Wildman–Crippen MR) is 107 cm³/mol. The lowest BCUT2D eigenvalue weighted by molar-refractivity contribution is 0.429. The Morgan fingerprint density at radius 1 is 0.926 bits per heavy atom. The number of fused-ring (bicyclic) bond motifs is 2. The van der Waals surface area contributed by atoms with Crippen molar-refractivity contribution in [2.45, 2.75) is 25.7 Å². The number of hydrogen-bond donors (Lipinski definition) is 0. The largest absolute Gasteiger partial charge is 0.456 e. The number of allylic oxidation sites excluding steroid dienone is 3. The molecule has 136 valence electrons. The molecule has 0 radical (unpaired) electrons. The number of ether oxygens (including phenoxy) is 1. The van der Waals surface area contributed by atoms with E-state index in [4.69, 9.17) is 4.74 Å². The molecule has 0 amide bonds. The topological polar surface area (TPSA) is 12.5 Å². The molecular weight excluding hydrogens is 337 g/mol. The summed E-state index contributed by atoms with van der Waals surface area (Å²) in [7, 11) is 0. The smallest absolute Gasteiger partial charge is 0.137 e. The zero-order chi connectivity index (χ0) is 18.2. The molecule has 2 nitrogen and oxygen atoms in total. The Labute approximate surface area is 159 Å². The molecule has 0 unspecified atom stereocenters. The van der Waals surface area contributed by atoms with Crippen LogP contribution >= 0.6 is 0 Å². The SMILES string of the molecule is Fc1ccc(C2=C3C=CCC=C3Oc3cc(N4CCCCC4)ccc32)cc1. The molecule has 0 saturated carbocycles. The van der Waals surface area contributed by atoms with E-state index in [1.54, 1.807) is 0 Å². The Kier molecular flexibility index (Phi) is 4.08. The van der Waals surface area contributed by atoms with Gasteiger partial charge in [-0.2, -0.15) is 0 Å². The van der Waals surface area contributed by atoms with Gasteiger partial charge in [0.2, 0.25) is 0 Å². The molecule has 2 aromatic carbocycles. The third kappa shape index (κ3) is 2.97. The number of rotatable bonds is 2. The molecule has 1 fully saturated rings. The molecule has 0 aromatic heterocycles. The number of piperidine rings is 1. The minimum atomic E-state index is -0.216. The first kappa shape index (κ1) is 16.4. The number of benzene rings is 2. The Balaban J connectivity index is 1.64. The molecule has 2 heterocycles. The van der Waals surface area contributed by atoms with E-state index in [9.17, 15) is 4.39 Å². The summed E-state index contributed by atoms with van der Waals surface area (Å²) in [6, 6.07) is 13.3. The number of anilines is 1. The van der Waals surface area contributed by atoms with Gasteiger partial charge in [-0.1, -0.05) is 24.3 Å². The van der Waals surface area contributed by atoms with Crippen molar-refractivity contribution in [1.29, 1.82) is 0 Å². The Hall–Kier alpha value is -2.81. The maximum atomic E-state index is 13.5. The number of nitrogens with zero attached hydrogens (tertiary/aromatic N) is 1. The van der Waals surface area contributed by atoms with Crippen LogP contribution in [-0.4, -0.2) is 13.1 Å². The lowest BCUT2D eigenvalue weighted by atomic mass is 9.87. The van der Waals surface area contributed by atoms with Crippen LogP contribution in [-0.2, 0) is 0 Å². The first-order valence-corrected chi connectivity index (χ1v) is 9.74. The van der Waals surface area contributed by atoms with Gasteiger partial charge < -0.3 is 9.64 Å². The highest BCUT2D eigenvalue weighted by Gasteiger charge is 2.26. The van der Waals surface area contributed by atoms with Crippen molar-refractivity contribution < 1.29 is 9.13 Å². The van der Waals surface area contributed by atoms with Crippen LogP contribution in [0, 0.1) is 5.82 Å². The summed E-state index contributed by atoms with van der Waals surface area (Å²) in [6.07, 6.45) is 11.1. The first-order chi connectivity index (χ1) is 13.3. The van der Waals surface area contributed by atoms with Crippen molar-refractivity contribution in [1.82, 2.24) is 0 Å². The van der Waals surface area contributed by atoms with Crippen molar-refractivity contribution in [2.24, 2.45) is 0 Å². The van der Waals surface area contributed by atoms with Crippen LogP contribution in [0.15, 0.2) is 72.0 Å². The highest BCUT2D eigenvalue weighted by Crippen LogP contribution is 2.44. The zero-order valence-electron chi connectivity index (χ0n) is 15.2. The minimum absolute atomic E-state index is 0.216. The quantitative estimate of drug-likeness (QED) is 0.666. The summed E-state index contributed by atoms with van der Waals surface area (Å²) in [5, 5.41) is 0. The highest BCUT2D eigenvalue weighted by molar-refractivity contribution is 5.91. The monoisotopic (exact) mass is 359 g/mol. The average molecular weight is 359 g/mol. The molecule has 3 heteroatoms. The van der Waals surface area contributed by atoms with E-state index >= 15 is 0 Å². The van der Waals surface area contributed by atoms with Gasteiger partial charge in [0, 0.05) is 41.6 Å². The molecule has 3 aliphatic rings. The third-order valence-corrected chi connectivity index (χ3v) is 5.57. The van der Waals surface area contributed by atoms with Crippen molar-refractivity contribution in [2.75, 3.05) is 18.0 Å². The van der Waals surface area contributed by atoms with Gasteiger partial charge in [-0.15, -0.1) is 0 Å². The second-order valence-corrected chi connectivity index (χ2v) is 7.33. The standard InChI is InChI=1S/C24H22FNO/c25-18-10-8-17(9-11-18)24-20-6-2-3-7-22(20)27-23-16-19(12-13-21(23)24)26-14-4-1-5-15-26/h2,6-13,16H,1,3-5,14-15H2. The maximum Gasteiger partial charge on any atom is 0.137 e. The predicted octanol–water partition coefficient (Wildman–Crippen LogP) is 5.85. The Bertz CT molecular complexity index is 962. The van der Waals surface area contributed by atoms with Crippen molar-refractivity contribution in [3.8, 4) is 5.75 Å². The van der Waals surface area contributed by atoms with Gasteiger partial charge in [0.15, 0.2) is 0 Å². The Morgan fingerprint density at radius 3 is 2.56 bits per heavy atom. The van der Waals surface area contributed by atoms with E-state index < -0.39 is 0 Å². The van der Waals surface area contributed by atoms with Crippen LogP contribution in [0.4, 0.5) is 10.1 Å². The number of hydrogen-bond acceptors (Lipinski definition) is 2. The second kappa shape index (κ2) is 6.73. The zero-order valence-corrected chi connectivity index (χ0v) is 15.2. The van der Waals surface area contributed by atoms with Crippen molar-refractivity contribution in [3.63, 3.8) is 0 Å². The maximum absolute atomic E-state index is 13.5. The summed E-state index contributed by atoms with van der Waals surface area (Å²) in [6.45, 7) is 2.21. The average Bonchev–Trinajstić information content (AvgIpc) is 2.73. The fraction of sp³-hybridized carbons (Fsp3) is 0.250. The fourth-order valence-electron chi connectivity index (χ4n) is 4.20. The molecule has 2 aliphatic heterocycles. The van der Waals surface area contributed by atoms with Gasteiger partial charge >= 0.3 is 0 Å². The van der Waals surface area contributed by atoms with E-state index in [2.05, 4.69) is 41.3 Å². The van der Waals surface area contributed by atoms with E-state index in [-0.39, 0.29) is 5.82 Å². The van der Waals surface area contributed by atoms with E-state index in [1.807, 2.05) is 12.1 Å². The number of halogens is 1. The Morgan fingerprint density at radius 2 is 1.74 bits per heavy atom. The normalized spacial score (nSPS) is 18.6. The molecule has 0 N–H and O–H groups in total. The fourth-order valence-corrected chi connectivity index (χ4v) is 4.20. The molecule has 5 rings (SSSR count). The molecule has 0 spiro atoms. The molecule has 0 atom stereocenters. The van der Waals surface area contributed by atoms with Gasteiger partial charge in [0.25, 0.3) is 0 Å². The van der Waals surface area contributed by atoms with Gasteiger partial charge in [-0.05, 0) is 61.6 Å². The molecular formula is C24H22FNO. The molecule has 27 heavy (non-hydrogen) atoms. The second-order valence-electron chi connectivity index (χ2n) is 7.33. The third-order valence-electron chi connectivity index (χ3n) is 5.57. The molecule has 0 bridgehead atoms. The van der Waals surface area contributed by atoms with Crippen LogP contribution in [0.25, 0.3) is 5.57 Å². The van der Waals surface area contributed by atoms with Crippen LogP contribution in [0.1, 0.15) is 36.8 Å². The van der Waals surface area contributed by atoms with Crippen LogP contribution < -0.4 is 9.64 Å². The first-order valence-electron chi connectivity index (χ1n) is 9.74. The van der Waals surface area contributed by atoms with Crippen molar-refractivity contribution in [3.05, 3.63) is 89.0 Å². The molecule has 1 saturated heterocycles.